The van der Waals surface area contributed by atoms with Gasteiger partial charge in [-0.05, 0) is 48.2 Å². The lowest BCUT2D eigenvalue weighted by Crippen LogP contribution is -2.33. The van der Waals surface area contributed by atoms with Gasteiger partial charge in [-0.15, -0.1) is 0 Å². The molecule has 160 valence electrons. The Morgan fingerprint density at radius 3 is 2.55 bits per heavy atom. The van der Waals surface area contributed by atoms with E-state index < -0.39 is 6.17 Å². The highest BCUT2D eigenvalue weighted by atomic mass is 19.1. The van der Waals surface area contributed by atoms with Crippen LogP contribution in [-0.2, 0) is 6.42 Å². The summed E-state index contributed by atoms with van der Waals surface area (Å²) in [6, 6.07) is 20.2. The fourth-order valence-corrected chi connectivity index (χ4v) is 3.95. The van der Waals surface area contributed by atoms with Crippen molar-refractivity contribution in [2.24, 2.45) is 4.99 Å². The van der Waals surface area contributed by atoms with Crippen LogP contribution in [0.2, 0.25) is 0 Å². The predicted molar refractivity (Wildman–Crippen MR) is 121 cm³/mol. The predicted octanol–water partition coefficient (Wildman–Crippen LogP) is 5.71. The lowest BCUT2D eigenvalue weighted by atomic mass is 9.93. The summed E-state index contributed by atoms with van der Waals surface area (Å²) in [6.07, 6.45) is 1.15. The van der Waals surface area contributed by atoms with E-state index in [1.807, 2.05) is 25.1 Å². The van der Waals surface area contributed by atoms with Gasteiger partial charge in [0.1, 0.15) is 12.0 Å². The SMILES string of the molecule is CCOc1cccc([C@H]2CC(c3ccc(CC)cc3)=N[C@H](c3cccc(F)c3)N2)c1O. The monoisotopic (exact) mass is 418 g/mol. The number of aryl methyl sites for hydroxylation is 1. The van der Waals surface area contributed by atoms with Crippen molar-refractivity contribution in [2.45, 2.75) is 38.9 Å². The molecule has 0 unspecified atom stereocenters. The summed E-state index contributed by atoms with van der Waals surface area (Å²) >= 11 is 0. The van der Waals surface area contributed by atoms with E-state index in [-0.39, 0.29) is 17.6 Å². The first-order valence-electron chi connectivity index (χ1n) is 10.7. The van der Waals surface area contributed by atoms with Gasteiger partial charge in [-0.3, -0.25) is 10.3 Å². The Hall–Kier alpha value is -3.18. The second-order valence-electron chi connectivity index (χ2n) is 7.63. The molecule has 5 heteroatoms. The molecule has 0 bridgehead atoms. The maximum Gasteiger partial charge on any atom is 0.162 e. The van der Waals surface area contributed by atoms with E-state index in [9.17, 15) is 9.50 Å². The number of ether oxygens (including phenoxy) is 1. The van der Waals surface area contributed by atoms with Crippen molar-refractivity contribution in [2.75, 3.05) is 6.61 Å². The van der Waals surface area contributed by atoms with Gasteiger partial charge < -0.3 is 9.84 Å². The number of benzene rings is 3. The van der Waals surface area contributed by atoms with Crippen molar-refractivity contribution < 1.29 is 14.2 Å². The van der Waals surface area contributed by atoms with Crippen LogP contribution in [-0.4, -0.2) is 17.4 Å². The minimum Gasteiger partial charge on any atom is -0.504 e. The molecule has 3 aromatic rings. The summed E-state index contributed by atoms with van der Waals surface area (Å²) in [7, 11) is 0. The molecule has 31 heavy (non-hydrogen) atoms. The van der Waals surface area contributed by atoms with Gasteiger partial charge >= 0.3 is 0 Å². The molecule has 0 aliphatic carbocycles. The molecule has 3 aromatic carbocycles. The number of para-hydroxylation sites is 1. The van der Waals surface area contributed by atoms with Crippen LogP contribution >= 0.6 is 0 Å². The standard InChI is InChI=1S/C26H27FN2O2/c1-3-17-11-13-18(14-12-17)22-16-23(21-9-6-10-24(25(21)30)31-4-2)29-26(28-22)19-7-5-8-20(27)15-19/h5-15,23,26,29-30H,3-4,16H2,1-2H3/t23-,26+/m1/s1. The molecule has 0 fully saturated rings. The van der Waals surface area contributed by atoms with Crippen molar-refractivity contribution in [3.8, 4) is 11.5 Å². The number of phenolic OH excluding ortho intramolecular Hbond substituents is 1. The molecule has 1 heterocycles. The number of nitrogens with one attached hydrogen (secondary N) is 1. The zero-order valence-corrected chi connectivity index (χ0v) is 17.8. The molecule has 4 nitrogen and oxygen atoms in total. The first-order chi connectivity index (χ1) is 15.1. The quantitative estimate of drug-likeness (QED) is 0.539. The molecule has 0 amide bonds. The Balaban J connectivity index is 1.74. The molecule has 1 aliphatic rings. The largest absolute Gasteiger partial charge is 0.504 e. The highest BCUT2D eigenvalue weighted by Gasteiger charge is 2.28. The van der Waals surface area contributed by atoms with E-state index in [1.54, 1.807) is 12.1 Å². The number of phenols is 1. The summed E-state index contributed by atoms with van der Waals surface area (Å²) < 4.78 is 19.5. The Kier molecular flexibility index (Phi) is 6.33. The first kappa shape index (κ1) is 21.1. The fraction of sp³-hybridized carbons (Fsp3) is 0.269. The number of hydrogen-bond acceptors (Lipinski definition) is 4. The molecule has 2 N–H and O–H groups in total. The molecule has 4 rings (SSSR count). The Morgan fingerprint density at radius 2 is 1.84 bits per heavy atom. The Labute approximate surface area is 182 Å². The molecule has 0 saturated heterocycles. The van der Waals surface area contributed by atoms with Crippen molar-refractivity contribution in [1.82, 2.24) is 5.32 Å². The van der Waals surface area contributed by atoms with E-state index >= 15 is 0 Å². The van der Waals surface area contributed by atoms with E-state index in [2.05, 4.69) is 36.5 Å². The second-order valence-corrected chi connectivity index (χ2v) is 7.63. The van der Waals surface area contributed by atoms with Gasteiger partial charge in [0.25, 0.3) is 0 Å². The van der Waals surface area contributed by atoms with Gasteiger partial charge in [-0.1, -0.05) is 55.5 Å². The van der Waals surface area contributed by atoms with E-state index in [0.717, 1.165) is 28.8 Å². The van der Waals surface area contributed by atoms with Crippen LogP contribution in [0.4, 0.5) is 4.39 Å². The number of rotatable bonds is 6. The van der Waals surface area contributed by atoms with E-state index in [4.69, 9.17) is 9.73 Å². The third kappa shape index (κ3) is 4.62. The second kappa shape index (κ2) is 9.31. The van der Waals surface area contributed by atoms with Crippen molar-refractivity contribution >= 4 is 5.71 Å². The van der Waals surface area contributed by atoms with Crippen LogP contribution in [0.5, 0.6) is 11.5 Å². The third-order valence-electron chi connectivity index (χ3n) is 5.61. The molecule has 2 atom stereocenters. The van der Waals surface area contributed by atoms with Crippen LogP contribution < -0.4 is 10.1 Å². The minimum absolute atomic E-state index is 0.127. The minimum atomic E-state index is -0.426. The molecule has 0 aromatic heterocycles. The summed E-state index contributed by atoms with van der Waals surface area (Å²) in [4.78, 5) is 4.91. The Bertz CT molecular complexity index is 1080. The molecule has 0 spiro atoms. The molecular formula is C26H27FN2O2. The zero-order valence-electron chi connectivity index (χ0n) is 17.8. The van der Waals surface area contributed by atoms with Gasteiger partial charge in [-0.2, -0.15) is 0 Å². The van der Waals surface area contributed by atoms with Gasteiger partial charge in [0.15, 0.2) is 11.5 Å². The van der Waals surface area contributed by atoms with E-state index in [1.165, 1.54) is 17.7 Å². The van der Waals surface area contributed by atoms with Crippen LogP contribution in [0, 0.1) is 5.82 Å². The van der Waals surface area contributed by atoms with Crippen molar-refractivity contribution in [3.63, 3.8) is 0 Å². The number of aromatic hydroxyl groups is 1. The number of hydrogen-bond donors (Lipinski definition) is 2. The highest BCUT2D eigenvalue weighted by Crippen LogP contribution is 2.38. The molecule has 0 radical (unpaired) electrons. The maximum absolute atomic E-state index is 13.9. The van der Waals surface area contributed by atoms with E-state index in [0.29, 0.717) is 18.8 Å². The van der Waals surface area contributed by atoms with Crippen LogP contribution in [0.3, 0.4) is 0 Å². The molecule has 1 aliphatic heterocycles. The summed E-state index contributed by atoms with van der Waals surface area (Å²) in [5, 5.41) is 14.3. The zero-order chi connectivity index (χ0) is 21.8. The molecular weight excluding hydrogens is 391 g/mol. The van der Waals surface area contributed by atoms with Gasteiger partial charge in [0.2, 0.25) is 0 Å². The van der Waals surface area contributed by atoms with Gasteiger partial charge in [0.05, 0.1) is 6.61 Å². The number of aliphatic imine (C=N–C) groups is 1. The van der Waals surface area contributed by atoms with Crippen LogP contribution in [0.15, 0.2) is 71.7 Å². The van der Waals surface area contributed by atoms with Crippen LogP contribution in [0.25, 0.3) is 0 Å². The Morgan fingerprint density at radius 1 is 1.06 bits per heavy atom. The van der Waals surface area contributed by atoms with Gasteiger partial charge in [0, 0.05) is 23.7 Å². The number of nitrogens with zero attached hydrogens (tertiary/aromatic N) is 1. The topological polar surface area (TPSA) is 53.8 Å². The molecule has 0 saturated carbocycles. The average Bonchev–Trinajstić information content (AvgIpc) is 2.80. The first-order valence-corrected chi connectivity index (χ1v) is 10.7. The average molecular weight is 419 g/mol. The lowest BCUT2D eigenvalue weighted by molar-refractivity contribution is 0.313. The van der Waals surface area contributed by atoms with Crippen LogP contribution in [0.1, 0.15) is 54.7 Å². The maximum atomic E-state index is 13.9. The smallest absolute Gasteiger partial charge is 0.162 e. The van der Waals surface area contributed by atoms with Crippen molar-refractivity contribution in [1.29, 1.82) is 0 Å². The normalized spacial score (nSPS) is 18.5. The third-order valence-corrected chi connectivity index (χ3v) is 5.61. The summed E-state index contributed by atoms with van der Waals surface area (Å²) in [6.45, 7) is 4.48. The van der Waals surface area contributed by atoms with Gasteiger partial charge in [-0.25, -0.2) is 4.39 Å². The summed E-state index contributed by atoms with van der Waals surface area (Å²) in [5.74, 6) is 0.287. The summed E-state index contributed by atoms with van der Waals surface area (Å²) in [5.41, 5.74) is 4.70. The fourth-order valence-electron chi connectivity index (χ4n) is 3.95. The lowest BCUT2D eigenvalue weighted by Gasteiger charge is -2.31. The number of halogens is 1. The van der Waals surface area contributed by atoms with Crippen molar-refractivity contribution in [3.05, 3.63) is 94.8 Å². The highest BCUT2D eigenvalue weighted by molar-refractivity contribution is 6.01.